The third-order valence-corrected chi connectivity index (χ3v) is 6.54. The van der Waals surface area contributed by atoms with Crippen molar-refractivity contribution in [2.45, 2.75) is 32.7 Å². The number of piperidine rings is 1. The van der Waals surface area contributed by atoms with E-state index in [4.69, 9.17) is 0 Å². The number of carbonyl (C=O) groups is 2. The number of thiazole rings is 1. The van der Waals surface area contributed by atoms with E-state index in [1.807, 2.05) is 11.8 Å². The Labute approximate surface area is 197 Å². The standard InChI is InChI=1S/C22H24F2N6O3S/c1-2-5-25-20(32)13-4-3-6-29(10-13)22-28-19-18(34-22)21(33)30(12-26-19)11-17(31)27-16-8-14(23)7-15(24)9-16/h7-9,12-13H,2-6,10-11H2,1H3,(H,25,32)(H,27,31)/t13-/m1/s1. The first-order chi connectivity index (χ1) is 16.3. The molecule has 2 amide bonds. The number of halogens is 2. The first-order valence-corrected chi connectivity index (χ1v) is 11.8. The summed E-state index contributed by atoms with van der Waals surface area (Å²) in [5, 5.41) is 5.90. The quantitative estimate of drug-likeness (QED) is 0.527. The van der Waals surface area contributed by atoms with E-state index in [-0.39, 0.29) is 29.7 Å². The molecule has 0 unspecified atom stereocenters. The average Bonchev–Trinajstić information content (AvgIpc) is 3.24. The van der Waals surface area contributed by atoms with Crippen LogP contribution in [0.25, 0.3) is 10.3 Å². The molecule has 0 saturated carbocycles. The normalized spacial score (nSPS) is 16.0. The van der Waals surface area contributed by atoms with Gasteiger partial charge >= 0.3 is 0 Å². The molecule has 0 spiro atoms. The Morgan fingerprint density at radius 3 is 2.74 bits per heavy atom. The summed E-state index contributed by atoms with van der Waals surface area (Å²) in [5.41, 5.74) is -0.220. The van der Waals surface area contributed by atoms with Gasteiger partial charge in [-0.05, 0) is 31.4 Å². The number of aromatic nitrogens is 3. The Balaban J connectivity index is 1.48. The van der Waals surface area contributed by atoms with Crippen molar-refractivity contribution in [3.63, 3.8) is 0 Å². The zero-order valence-electron chi connectivity index (χ0n) is 18.5. The monoisotopic (exact) mass is 490 g/mol. The van der Waals surface area contributed by atoms with Crippen LogP contribution in [0.2, 0.25) is 0 Å². The second kappa shape index (κ2) is 10.2. The van der Waals surface area contributed by atoms with Crippen LogP contribution in [0.4, 0.5) is 19.6 Å². The van der Waals surface area contributed by atoms with Crippen LogP contribution in [0.1, 0.15) is 26.2 Å². The minimum atomic E-state index is -0.824. The number of benzene rings is 1. The van der Waals surface area contributed by atoms with Crippen LogP contribution < -0.4 is 21.1 Å². The maximum absolute atomic E-state index is 13.3. The van der Waals surface area contributed by atoms with Gasteiger partial charge < -0.3 is 15.5 Å². The fraction of sp³-hybridized carbons (Fsp3) is 0.409. The Morgan fingerprint density at radius 1 is 1.24 bits per heavy atom. The first-order valence-electron chi connectivity index (χ1n) is 11.0. The fourth-order valence-electron chi connectivity index (χ4n) is 3.82. The Hall–Kier alpha value is -3.41. The number of nitrogens with zero attached hydrogens (tertiary/aromatic N) is 4. The molecule has 3 aromatic rings. The van der Waals surface area contributed by atoms with Crippen molar-refractivity contribution in [3.05, 3.63) is 46.5 Å². The molecule has 34 heavy (non-hydrogen) atoms. The van der Waals surface area contributed by atoms with Gasteiger partial charge in [-0.25, -0.2) is 13.8 Å². The molecule has 0 radical (unpaired) electrons. The van der Waals surface area contributed by atoms with Crippen molar-refractivity contribution in [3.8, 4) is 0 Å². The van der Waals surface area contributed by atoms with E-state index >= 15 is 0 Å². The molecule has 0 aliphatic carbocycles. The molecule has 180 valence electrons. The summed E-state index contributed by atoms with van der Waals surface area (Å²) in [7, 11) is 0. The average molecular weight is 491 g/mol. The molecule has 1 aromatic carbocycles. The number of rotatable bonds is 7. The van der Waals surface area contributed by atoms with Gasteiger partial charge in [0.1, 0.15) is 29.2 Å². The zero-order chi connectivity index (χ0) is 24.2. The maximum atomic E-state index is 13.3. The molecule has 1 saturated heterocycles. The van der Waals surface area contributed by atoms with Crippen LogP contribution in [0.3, 0.4) is 0 Å². The van der Waals surface area contributed by atoms with Crippen molar-refractivity contribution in [1.82, 2.24) is 19.9 Å². The molecule has 2 aromatic heterocycles. The summed E-state index contributed by atoms with van der Waals surface area (Å²) in [6.45, 7) is 3.49. The molecule has 4 rings (SSSR count). The second-order valence-corrected chi connectivity index (χ2v) is 9.09. The zero-order valence-corrected chi connectivity index (χ0v) is 19.3. The predicted molar refractivity (Wildman–Crippen MR) is 125 cm³/mol. The van der Waals surface area contributed by atoms with Crippen LogP contribution in [-0.4, -0.2) is 46.0 Å². The van der Waals surface area contributed by atoms with Crippen molar-refractivity contribution in [2.24, 2.45) is 5.92 Å². The topological polar surface area (TPSA) is 109 Å². The molecular formula is C22H24F2N6O3S. The smallest absolute Gasteiger partial charge is 0.273 e. The minimum Gasteiger partial charge on any atom is -0.356 e. The van der Waals surface area contributed by atoms with E-state index in [0.29, 0.717) is 29.0 Å². The highest BCUT2D eigenvalue weighted by Crippen LogP contribution is 2.29. The second-order valence-electron chi connectivity index (χ2n) is 8.11. The molecule has 1 fully saturated rings. The van der Waals surface area contributed by atoms with Crippen molar-refractivity contribution in [2.75, 3.05) is 29.9 Å². The van der Waals surface area contributed by atoms with Gasteiger partial charge in [0, 0.05) is 31.4 Å². The molecule has 1 atom stereocenters. The molecule has 1 aliphatic rings. The lowest BCUT2D eigenvalue weighted by Crippen LogP contribution is -2.43. The number of anilines is 2. The van der Waals surface area contributed by atoms with Crippen molar-refractivity contribution >= 4 is 44.3 Å². The highest BCUT2D eigenvalue weighted by atomic mass is 32.1. The van der Waals surface area contributed by atoms with Crippen LogP contribution in [-0.2, 0) is 16.1 Å². The molecule has 12 heteroatoms. The van der Waals surface area contributed by atoms with E-state index in [1.165, 1.54) is 17.7 Å². The lowest BCUT2D eigenvalue weighted by Gasteiger charge is -2.31. The number of hydrogen-bond acceptors (Lipinski definition) is 7. The molecule has 0 bridgehead atoms. The van der Waals surface area contributed by atoms with Crippen molar-refractivity contribution < 1.29 is 18.4 Å². The largest absolute Gasteiger partial charge is 0.356 e. The molecule has 1 aliphatic heterocycles. The predicted octanol–water partition coefficient (Wildman–Crippen LogP) is 2.51. The van der Waals surface area contributed by atoms with Gasteiger partial charge in [-0.2, -0.15) is 4.98 Å². The first kappa shape index (κ1) is 23.7. The summed E-state index contributed by atoms with van der Waals surface area (Å²) < 4.78 is 28.1. The summed E-state index contributed by atoms with van der Waals surface area (Å²) >= 11 is 1.17. The SMILES string of the molecule is CCCNC(=O)[C@@H]1CCCN(c2nc3ncn(CC(=O)Nc4cc(F)cc(F)c4)c(=O)c3s2)C1. The summed E-state index contributed by atoms with van der Waals surface area (Å²) in [4.78, 5) is 48.3. The fourth-order valence-corrected chi connectivity index (χ4v) is 4.83. The summed E-state index contributed by atoms with van der Waals surface area (Å²) in [5.74, 6) is -2.40. The maximum Gasteiger partial charge on any atom is 0.273 e. The third-order valence-electron chi connectivity index (χ3n) is 5.44. The van der Waals surface area contributed by atoms with E-state index in [1.54, 1.807) is 0 Å². The van der Waals surface area contributed by atoms with E-state index < -0.39 is 23.1 Å². The number of amides is 2. The van der Waals surface area contributed by atoms with E-state index in [9.17, 15) is 23.2 Å². The van der Waals surface area contributed by atoms with E-state index in [2.05, 4.69) is 20.6 Å². The van der Waals surface area contributed by atoms with Crippen LogP contribution in [0, 0.1) is 17.6 Å². The molecule has 9 nitrogen and oxygen atoms in total. The van der Waals surface area contributed by atoms with Gasteiger partial charge in [-0.3, -0.25) is 19.0 Å². The number of hydrogen-bond donors (Lipinski definition) is 2. The lowest BCUT2D eigenvalue weighted by molar-refractivity contribution is -0.125. The molecular weight excluding hydrogens is 466 g/mol. The molecule has 3 heterocycles. The highest BCUT2D eigenvalue weighted by molar-refractivity contribution is 7.22. The van der Waals surface area contributed by atoms with Crippen molar-refractivity contribution in [1.29, 1.82) is 0 Å². The third kappa shape index (κ3) is 5.38. The minimum absolute atomic E-state index is 0.0253. The van der Waals surface area contributed by atoms with Gasteiger partial charge in [0.2, 0.25) is 11.8 Å². The lowest BCUT2D eigenvalue weighted by atomic mass is 9.97. The highest BCUT2D eigenvalue weighted by Gasteiger charge is 2.27. The number of nitrogens with one attached hydrogen (secondary N) is 2. The molecule has 2 N–H and O–H groups in total. The number of fused-ring (bicyclic) bond motifs is 1. The number of carbonyl (C=O) groups excluding carboxylic acids is 2. The summed E-state index contributed by atoms with van der Waals surface area (Å²) in [6.07, 6.45) is 3.72. The van der Waals surface area contributed by atoms with E-state index in [0.717, 1.165) is 42.5 Å². The van der Waals surface area contributed by atoms with Gasteiger partial charge in [0.15, 0.2) is 10.8 Å². The van der Waals surface area contributed by atoms with Gasteiger partial charge in [-0.15, -0.1) is 0 Å². The van der Waals surface area contributed by atoms with Crippen LogP contribution in [0.15, 0.2) is 29.3 Å². The van der Waals surface area contributed by atoms with Crippen LogP contribution >= 0.6 is 11.3 Å². The Morgan fingerprint density at radius 2 is 2.00 bits per heavy atom. The van der Waals surface area contributed by atoms with Crippen LogP contribution in [0.5, 0.6) is 0 Å². The van der Waals surface area contributed by atoms with Gasteiger partial charge in [-0.1, -0.05) is 18.3 Å². The Bertz CT molecular complexity index is 1260. The summed E-state index contributed by atoms with van der Waals surface area (Å²) in [6, 6.07) is 2.66. The van der Waals surface area contributed by atoms with Gasteiger partial charge in [0.05, 0.1) is 5.92 Å². The van der Waals surface area contributed by atoms with Gasteiger partial charge in [0.25, 0.3) is 5.56 Å². The Kier molecular flexibility index (Phi) is 7.15.